The number of rotatable bonds is 7. The van der Waals surface area contributed by atoms with Gasteiger partial charge in [0.2, 0.25) is 5.91 Å². The summed E-state index contributed by atoms with van der Waals surface area (Å²) in [6.45, 7) is 4.70. The molecule has 116 valence electrons. The van der Waals surface area contributed by atoms with E-state index in [1.165, 1.54) is 0 Å². The summed E-state index contributed by atoms with van der Waals surface area (Å²) in [7, 11) is 0. The maximum atomic E-state index is 11.6. The minimum Gasteiger partial charge on any atom is -0.389 e. The second kappa shape index (κ2) is 7.66. The molecule has 0 saturated carbocycles. The van der Waals surface area contributed by atoms with Crippen molar-refractivity contribution in [1.82, 2.24) is 4.90 Å². The molecule has 1 fully saturated rings. The second-order valence-electron chi connectivity index (χ2n) is 5.52. The van der Waals surface area contributed by atoms with E-state index in [-0.39, 0.29) is 5.91 Å². The Balaban J connectivity index is 1.95. The molecule has 1 aliphatic rings. The summed E-state index contributed by atoms with van der Waals surface area (Å²) in [6, 6.07) is 7.64. The third kappa shape index (κ3) is 4.61. The highest BCUT2D eigenvalue weighted by Gasteiger charge is 2.23. The summed E-state index contributed by atoms with van der Waals surface area (Å²) in [6.07, 6.45) is 1.98. The van der Waals surface area contributed by atoms with E-state index in [4.69, 9.17) is 11.6 Å². The lowest BCUT2D eigenvalue weighted by Crippen LogP contribution is -2.41. The fourth-order valence-corrected chi connectivity index (χ4v) is 2.84. The van der Waals surface area contributed by atoms with E-state index < -0.39 is 6.10 Å². The molecule has 4 nitrogen and oxygen atoms in total. The summed E-state index contributed by atoms with van der Waals surface area (Å²) in [5.41, 5.74) is 1.05. The molecule has 1 saturated heterocycles. The number of hydrogen-bond donors (Lipinski definition) is 1. The molecule has 1 unspecified atom stereocenters. The van der Waals surface area contributed by atoms with Crippen LogP contribution >= 0.6 is 11.6 Å². The van der Waals surface area contributed by atoms with Crippen molar-refractivity contribution in [3.05, 3.63) is 29.3 Å². The summed E-state index contributed by atoms with van der Waals surface area (Å²) < 4.78 is 0. The first kappa shape index (κ1) is 16.1. The Morgan fingerprint density at radius 1 is 1.38 bits per heavy atom. The Hall–Kier alpha value is -1.26. The molecule has 0 aromatic heterocycles. The lowest BCUT2D eigenvalue weighted by Gasteiger charge is -2.29. The Kier molecular flexibility index (Phi) is 5.88. The Bertz CT molecular complexity index is 464. The van der Waals surface area contributed by atoms with Crippen LogP contribution in [0, 0.1) is 0 Å². The number of likely N-dealkylation sites (tertiary alicyclic amines) is 1. The lowest BCUT2D eigenvalue weighted by molar-refractivity contribution is -0.128. The van der Waals surface area contributed by atoms with Crippen LogP contribution in [-0.4, -0.2) is 48.2 Å². The van der Waals surface area contributed by atoms with Crippen molar-refractivity contribution in [3.63, 3.8) is 0 Å². The summed E-state index contributed by atoms with van der Waals surface area (Å²) in [4.78, 5) is 15.5. The van der Waals surface area contributed by atoms with Crippen LogP contribution in [0.2, 0.25) is 5.02 Å². The summed E-state index contributed by atoms with van der Waals surface area (Å²) >= 11 is 5.92. The number of β-amino-alcohol motifs (C(OH)–C–C–N with tert-alkyl or cyclic N) is 1. The van der Waals surface area contributed by atoms with E-state index in [1.807, 2.05) is 24.3 Å². The van der Waals surface area contributed by atoms with E-state index in [9.17, 15) is 9.90 Å². The molecule has 1 atom stereocenters. The molecule has 1 amide bonds. The number of carbonyl (C=O) groups excluding carboxylic acids is 1. The smallest absolute Gasteiger partial charge is 0.222 e. The highest BCUT2D eigenvalue weighted by molar-refractivity contribution is 6.30. The van der Waals surface area contributed by atoms with Gasteiger partial charge in [0, 0.05) is 43.3 Å². The van der Waals surface area contributed by atoms with E-state index in [0.717, 1.165) is 31.6 Å². The van der Waals surface area contributed by atoms with Crippen LogP contribution in [0.25, 0.3) is 0 Å². The van der Waals surface area contributed by atoms with Crippen molar-refractivity contribution in [2.45, 2.75) is 32.3 Å². The van der Waals surface area contributed by atoms with Gasteiger partial charge in [-0.05, 0) is 37.1 Å². The molecule has 1 aliphatic heterocycles. The topological polar surface area (TPSA) is 43.8 Å². The van der Waals surface area contributed by atoms with Crippen molar-refractivity contribution < 1.29 is 9.90 Å². The number of benzene rings is 1. The molecule has 2 rings (SSSR count). The van der Waals surface area contributed by atoms with Crippen LogP contribution in [0.15, 0.2) is 24.3 Å². The molecule has 0 spiro atoms. The quantitative estimate of drug-likeness (QED) is 0.841. The van der Waals surface area contributed by atoms with Gasteiger partial charge in [-0.25, -0.2) is 0 Å². The Morgan fingerprint density at radius 2 is 2.10 bits per heavy atom. The van der Waals surface area contributed by atoms with Gasteiger partial charge in [-0.3, -0.25) is 4.79 Å². The van der Waals surface area contributed by atoms with Gasteiger partial charge < -0.3 is 14.9 Å². The zero-order valence-corrected chi connectivity index (χ0v) is 13.2. The zero-order chi connectivity index (χ0) is 15.2. The maximum Gasteiger partial charge on any atom is 0.222 e. The predicted octanol–water partition coefficient (Wildman–Crippen LogP) is 2.54. The first-order chi connectivity index (χ1) is 10.1. The summed E-state index contributed by atoms with van der Waals surface area (Å²) in [5.74, 6) is 0.155. The third-order valence-corrected chi connectivity index (χ3v) is 3.97. The van der Waals surface area contributed by atoms with Crippen LogP contribution in [0.5, 0.6) is 0 Å². The van der Waals surface area contributed by atoms with Crippen molar-refractivity contribution in [1.29, 1.82) is 0 Å². The van der Waals surface area contributed by atoms with Crippen LogP contribution in [0.3, 0.4) is 0 Å². The van der Waals surface area contributed by atoms with Crippen molar-refractivity contribution in [2.24, 2.45) is 0 Å². The molecular weight excluding hydrogens is 288 g/mol. The van der Waals surface area contributed by atoms with Crippen LogP contribution < -0.4 is 4.90 Å². The standard InChI is InChI=1S/C16H23ClN2O2/c1-2-9-18(14-7-5-13(17)6-8-14)11-15(20)12-19-10-3-4-16(19)21/h5-8,15,20H,2-4,9-12H2,1H3. The van der Waals surface area contributed by atoms with E-state index in [0.29, 0.717) is 24.5 Å². The summed E-state index contributed by atoms with van der Waals surface area (Å²) in [5, 5.41) is 11.0. The van der Waals surface area contributed by atoms with Crippen LogP contribution in [-0.2, 0) is 4.79 Å². The lowest BCUT2D eigenvalue weighted by atomic mass is 10.2. The number of hydrogen-bond acceptors (Lipinski definition) is 3. The van der Waals surface area contributed by atoms with Crippen LogP contribution in [0.1, 0.15) is 26.2 Å². The SMILES string of the molecule is CCCN(CC(O)CN1CCCC1=O)c1ccc(Cl)cc1. The van der Waals surface area contributed by atoms with Gasteiger partial charge in [0.25, 0.3) is 0 Å². The number of aliphatic hydroxyl groups excluding tert-OH is 1. The molecule has 5 heteroatoms. The largest absolute Gasteiger partial charge is 0.389 e. The molecule has 1 N–H and O–H groups in total. The molecular formula is C16H23ClN2O2. The van der Waals surface area contributed by atoms with Gasteiger partial charge in [-0.15, -0.1) is 0 Å². The average Bonchev–Trinajstić information content (AvgIpc) is 2.84. The molecule has 1 aromatic rings. The molecule has 21 heavy (non-hydrogen) atoms. The minimum absolute atomic E-state index is 0.155. The predicted molar refractivity (Wildman–Crippen MR) is 85.8 cm³/mol. The molecule has 1 aromatic carbocycles. The van der Waals surface area contributed by atoms with E-state index in [2.05, 4.69) is 11.8 Å². The Morgan fingerprint density at radius 3 is 2.67 bits per heavy atom. The molecule has 0 radical (unpaired) electrons. The maximum absolute atomic E-state index is 11.6. The number of halogens is 1. The first-order valence-corrected chi connectivity index (χ1v) is 7.94. The number of aliphatic hydroxyl groups is 1. The van der Waals surface area contributed by atoms with Gasteiger partial charge in [0.1, 0.15) is 0 Å². The second-order valence-corrected chi connectivity index (χ2v) is 5.96. The fourth-order valence-electron chi connectivity index (χ4n) is 2.71. The monoisotopic (exact) mass is 310 g/mol. The third-order valence-electron chi connectivity index (χ3n) is 3.72. The number of amides is 1. The molecule has 1 heterocycles. The average molecular weight is 311 g/mol. The fraction of sp³-hybridized carbons (Fsp3) is 0.562. The van der Waals surface area contributed by atoms with Gasteiger partial charge >= 0.3 is 0 Å². The highest BCUT2D eigenvalue weighted by Crippen LogP contribution is 2.19. The van der Waals surface area contributed by atoms with Gasteiger partial charge in [0.15, 0.2) is 0 Å². The number of nitrogens with zero attached hydrogens (tertiary/aromatic N) is 2. The van der Waals surface area contributed by atoms with E-state index in [1.54, 1.807) is 4.90 Å². The highest BCUT2D eigenvalue weighted by atomic mass is 35.5. The van der Waals surface area contributed by atoms with Crippen LogP contribution in [0.4, 0.5) is 5.69 Å². The zero-order valence-electron chi connectivity index (χ0n) is 12.5. The molecule has 0 aliphatic carbocycles. The van der Waals surface area contributed by atoms with Crippen molar-refractivity contribution in [2.75, 3.05) is 31.1 Å². The number of anilines is 1. The van der Waals surface area contributed by atoms with Gasteiger partial charge in [-0.2, -0.15) is 0 Å². The van der Waals surface area contributed by atoms with E-state index >= 15 is 0 Å². The normalized spacial score (nSPS) is 16.3. The number of carbonyl (C=O) groups is 1. The van der Waals surface area contributed by atoms with Gasteiger partial charge in [0.05, 0.1) is 6.10 Å². The van der Waals surface area contributed by atoms with Crippen molar-refractivity contribution in [3.8, 4) is 0 Å². The first-order valence-electron chi connectivity index (χ1n) is 7.56. The minimum atomic E-state index is -0.533. The Labute approximate surface area is 131 Å². The van der Waals surface area contributed by atoms with Gasteiger partial charge in [-0.1, -0.05) is 18.5 Å². The van der Waals surface area contributed by atoms with Crippen molar-refractivity contribution >= 4 is 23.2 Å². The molecule has 0 bridgehead atoms.